The van der Waals surface area contributed by atoms with E-state index in [1.54, 1.807) is 23.1 Å². The molecule has 11 heteroatoms. The molecule has 0 radical (unpaired) electrons. The molecule has 1 aromatic carbocycles. The Kier molecular flexibility index (Phi) is 8.84. The molecule has 164 valence electrons. The summed E-state index contributed by atoms with van der Waals surface area (Å²) in [5, 5.41) is 0.512. The van der Waals surface area contributed by atoms with Crippen molar-refractivity contribution in [3.63, 3.8) is 0 Å². The highest BCUT2D eigenvalue weighted by Crippen LogP contribution is 2.34. The monoisotopic (exact) mass is 551 g/mol. The largest absolute Gasteiger partial charge is 0.302 e. The summed E-state index contributed by atoms with van der Waals surface area (Å²) in [4.78, 5) is 22.5. The predicted molar refractivity (Wildman–Crippen MR) is 131 cm³/mol. The van der Waals surface area contributed by atoms with Gasteiger partial charge in [0.1, 0.15) is 5.52 Å². The highest BCUT2D eigenvalue weighted by atomic mass is 79.9. The van der Waals surface area contributed by atoms with E-state index in [0.717, 1.165) is 21.6 Å². The molecular formula is C19H23BrClN3O3S3. The van der Waals surface area contributed by atoms with Crippen molar-refractivity contribution in [1.82, 2.24) is 9.88 Å². The molecule has 6 nitrogen and oxygen atoms in total. The second kappa shape index (κ2) is 10.5. The highest BCUT2D eigenvalue weighted by molar-refractivity contribution is 9.11. The van der Waals surface area contributed by atoms with E-state index in [0.29, 0.717) is 28.6 Å². The molecule has 0 saturated carbocycles. The summed E-state index contributed by atoms with van der Waals surface area (Å²) in [7, 11) is -3.42. The molecule has 0 aliphatic rings. The molecule has 0 atom stereocenters. The van der Waals surface area contributed by atoms with Crippen LogP contribution in [0.4, 0.5) is 5.13 Å². The van der Waals surface area contributed by atoms with Gasteiger partial charge in [-0.1, -0.05) is 31.3 Å². The lowest BCUT2D eigenvalue weighted by molar-refractivity contribution is 0.0987. The maximum Gasteiger partial charge on any atom is 0.270 e. The lowest BCUT2D eigenvalue weighted by Crippen LogP contribution is -2.38. The minimum Gasteiger partial charge on any atom is -0.302 e. The van der Waals surface area contributed by atoms with Crippen LogP contribution in [0.15, 0.2) is 39.0 Å². The predicted octanol–water partition coefficient (Wildman–Crippen LogP) is 4.93. The van der Waals surface area contributed by atoms with Crippen LogP contribution in [0.25, 0.3) is 10.2 Å². The Morgan fingerprint density at radius 3 is 2.37 bits per heavy atom. The number of likely N-dealkylation sites (N-methyl/N-ethyl adjacent to an activating group) is 1. The number of amides is 1. The van der Waals surface area contributed by atoms with Crippen molar-refractivity contribution in [2.24, 2.45) is 0 Å². The molecule has 3 aromatic rings. The standard InChI is InChI=1S/C19H22BrN3O3S3.ClH/c1-4-22(5-2)11-12-23(18(24)14-9-10-16(20)27-14)19-21-17-13(28-19)7-6-8-15(17)29(3,25)26;/h6-10H,4-5,11-12H2,1-3H3;1H. The van der Waals surface area contributed by atoms with Gasteiger partial charge < -0.3 is 4.90 Å². The van der Waals surface area contributed by atoms with Crippen LogP contribution in [0, 0.1) is 0 Å². The number of sulfone groups is 1. The fourth-order valence-corrected chi connectivity index (χ4v) is 6.20. The number of rotatable bonds is 8. The number of aromatic nitrogens is 1. The van der Waals surface area contributed by atoms with Gasteiger partial charge in [-0.05, 0) is 53.3 Å². The van der Waals surface area contributed by atoms with E-state index in [4.69, 9.17) is 0 Å². The third-order valence-corrected chi connectivity index (χ3v) is 8.35. The van der Waals surface area contributed by atoms with Crippen LogP contribution in [0.1, 0.15) is 23.5 Å². The fraction of sp³-hybridized carbons (Fsp3) is 0.368. The number of fused-ring (bicyclic) bond motifs is 1. The Morgan fingerprint density at radius 2 is 1.80 bits per heavy atom. The van der Waals surface area contributed by atoms with Crippen molar-refractivity contribution < 1.29 is 13.2 Å². The SMILES string of the molecule is CCN(CC)CCN(C(=O)c1ccc(Br)s1)c1nc2c(S(C)(=O)=O)cccc2s1.Cl. The number of carbonyl (C=O) groups excluding carboxylic acids is 1. The van der Waals surface area contributed by atoms with E-state index in [9.17, 15) is 13.2 Å². The summed E-state index contributed by atoms with van der Waals surface area (Å²) < 4.78 is 25.9. The number of hydrogen-bond acceptors (Lipinski definition) is 7. The first-order valence-electron chi connectivity index (χ1n) is 9.13. The molecular weight excluding hydrogens is 530 g/mol. The molecule has 1 amide bonds. The second-order valence-electron chi connectivity index (χ2n) is 6.46. The number of anilines is 1. The number of thiazole rings is 1. The van der Waals surface area contributed by atoms with Crippen LogP contribution in [-0.2, 0) is 9.84 Å². The van der Waals surface area contributed by atoms with E-state index in [-0.39, 0.29) is 23.2 Å². The highest BCUT2D eigenvalue weighted by Gasteiger charge is 2.24. The van der Waals surface area contributed by atoms with Gasteiger partial charge >= 0.3 is 0 Å². The Bertz CT molecular complexity index is 1130. The van der Waals surface area contributed by atoms with Crippen molar-refractivity contribution in [3.8, 4) is 0 Å². The van der Waals surface area contributed by atoms with E-state index in [1.807, 2.05) is 12.1 Å². The molecule has 0 bridgehead atoms. The van der Waals surface area contributed by atoms with Gasteiger partial charge in [0.05, 0.1) is 18.3 Å². The number of carbonyl (C=O) groups is 1. The first-order valence-corrected chi connectivity index (χ1v) is 13.5. The van der Waals surface area contributed by atoms with Crippen LogP contribution in [-0.4, -0.2) is 56.6 Å². The van der Waals surface area contributed by atoms with Crippen LogP contribution in [0.2, 0.25) is 0 Å². The number of hydrogen-bond donors (Lipinski definition) is 0. The topological polar surface area (TPSA) is 70.6 Å². The summed E-state index contributed by atoms with van der Waals surface area (Å²) in [6.45, 7) is 7.14. The van der Waals surface area contributed by atoms with Crippen LogP contribution in [0.5, 0.6) is 0 Å². The first kappa shape index (κ1) is 25.2. The Balaban J connectivity index is 0.00000320. The van der Waals surface area contributed by atoms with E-state index < -0.39 is 9.84 Å². The van der Waals surface area contributed by atoms with Gasteiger partial charge in [0.2, 0.25) is 0 Å². The first-order chi connectivity index (χ1) is 13.7. The molecule has 3 rings (SSSR count). The molecule has 0 fully saturated rings. The zero-order valence-corrected chi connectivity index (χ0v) is 21.6. The minimum absolute atomic E-state index is 0. The number of nitrogens with zero attached hydrogens (tertiary/aromatic N) is 3. The third-order valence-electron chi connectivity index (χ3n) is 4.56. The lowest BCUT2D eigenvalue weighted by atomic mass is 10.3. The van der Waals surface area contributed by atoms with E-state index in [2.05, 4.69) is 39.7 Å². The Labute approximate surface area is 199 Å². The van der Waals surface area contributed by atoms with Gasteiger partial charge in [0.25, 0.3) is 5.91 Å². The molecule has 0 aliphatic heterocycles. The zero-order chi connectivity index (χ0) is 21.2. The lowest BCUT2D eigenvalue weighted by Gasteiger charge is -2.24. The number of para-hydroxylation sites is 1. The minimum atomic E-state index is -3.42. The van der Waals surface area contributed by atoms with Gasteiger partial charge in [-0.15, -0.1) is 23.7 Å². The molecule has 0 saturated heterocycles. The van der Waals surface area contributed by atoms with Gasteiger partial charge in [-0.25, -0.2) is 13.4 Å². The average molecular weight is 553 g/mol. The number of thiophene rings is 1. The Morgan fingerprint density at radius 1 is 1.10 bits per heavy atom. The average Bonchev–Trinajstić information content (AvgIpc) is 3.29. The van der Waals surface area contributed by atoms with Crippen molar-refractivity contribution in [1.29, 1.82) is 0 Å². The molecule has 2 heterocycles. The smallest absolute Gasteiger partial charge is 0.270 e. The van der Waals surface area contributed by atoms with Crippen molar-refractivity contribution in [2.75, 3.05) is 37.3 Å². The second-order valence-corrected chi connectivity index (χ2v) is 11.9. The van der Waals surface area contributed by atoms with Gasteiger partial charge in [-0.3, -0.25) is 9.69 Å². The maximum atomic E-state index is 13.3. The molecule has 0 aliphatic carbocycles. The van der Waals surface area contributed by atoms with Crippen LogP contribution in [0.3, 0.4) is 0 Å². The van der Waals surface area contributed by atoms with Crippen LogP contribution >= 0.6 is 51.0 Å². The summed E-state index contributed by atoms with van der Waals surface area (Å²) in [5.74, 6) is -0.132. The summed E-state index contributed by atoms with van der Waals surface area (Å²) in [6, 6.07) is 8.73. The molecule has 0 N–H and O–H groups in total. The van der Waals surface area contributed by atoms with E-state index in [1.165, 1.54) is 28.9 Å². The van der Waals surface area contributed by atoms with Gasteiger partial charge in [0.15, 0.2) is 15.0 Å². The number of benzene rings is 1. The fourth-order valence-electron chi connectivity index (χ4n) is 2.95. The van der Waals surface area contributed by atoms with Crippen molar-refractivity contribution in [3.05, 3.63) is 39.0 Å². The quantitative estimate of drug-likeness (QED) is 0.396. The summed E-state index contributed by atoms with van der Waals surface area (Å²) >= 11 is 6.12. The number of halogens is 2. The summed E-state index contributed by atoms with van der Waals surface area (Å²) in [6.07, 6.45) is 1.17. The van der Waals surface area contributed by atoms with Crippen LogP contribution < -0.4 is 4.90 Å². The third kappa shape index (κ3) is 5.60. The summed E-state index contributed by atoms with van der Waals surface area (Å²) in [5.41, 5.74) is 0.419. The van der Waals surface area contributed by atoms with Gasteiger partial charge in [0, 0.05) is 19.3 Å². The molecule has 0 unspecified atom stereocenters. The normalized spacial score (nSPS) is 11.6. The van der Waals surface area contributed by atoms with Crippen molar-refractivity contribution >= 4 is 82.1 Å². The maximum absolute atomic E-state index is 13.3. The molecule has 30 heavy (non-hydrogen) atoms. The van der Waals surface area contributed by atoms with Gasteiger partial charge in [-0.2, -0.15) is 0 Å². The Hall–Kier alpha value is -1.04. The van der Waals surface area contributed by atoms with Crippen molar-refractivity contribution in [2.45, 2.75) is 18.7 Å². The molecule has 2 aromatic heterocycles. The molecule has 0 spiro atoms. The zero-order valence-electron chi connectivity index (χ0n) is 16.8. The van der Waals surface area contributed by atoms with E-state index >= 15 is 0 Å².